The number of hydrogen-bond acceptors (Lipinski definition) is 5. The number of amides is 1. The third-order valence-corrected chi connectivity index (χ3v) is 3.53. The maximum atomic E-state index is 13.2. The number of H-pyrrole nitrogens is 1. The molecule has 1 aliphatic heterocycles. The van der Waals surface area contributed by atoms with E-state index in [9.17, 15) is 29.0 Å². The highest BCUT2D eigenvalue weighted by Gasteiger charge is 2.44. The SMILES string of the molecule is O=C1CCC(CO)(CO)N1Cn1cc(F)c(=O)[nH]c1=O. The molecule has 0 aromatic carbocycles. The van der Waals surface area contributed by atoms with Crippen LogP contribution in [0.25, 0.3) is 0 Å². The van der Waals surface area contributed by atoms with Crippen molar-refractivity contribution in [1.29, 1.82) is 0 Å². The molecule has 0 atom stereocenters. The molecule has 20 heavy (non-hydrogen) atoms. The molecule has 1 fully saturated rings. The molecule has 2 rings (SSSR count). The minimum absolute atomic E-state index is 0.113. The van der Waals surface area contributed by atoms with Crippen LogP contribution in [0.1, 0.15) is 12.8 Å². The lowest BCUT2D eigenvalue weighted by Gasteiger charge is -2.35. The van der Waals surface area contributed by atoms with Crippen molar-refractivity contribution < 1.29 is 19.4 Å². The number of carbonyl (C=O) groups excluding carboxylic acids is 1. The Labute approximate surface area is 112 Å². The number of aromatic nitrogens is 2. The highest BCUT2D eigenvalue weighted by Crippen LogP contribution is 2.29. The third-order valence-electron chi connectivity index (χ3n) is 3.53. The summed E-state index contributed by atoms with van der Waals surface area (Å²) in [5.41, 5.74) is -3.20. The van der Waals surface area contributed by atoms with Gasteiger partial charge in [-0.05, 0) is 6.42 Å². The molecule has 8 nitrogen and oxygen atoms in total. The van der Waals surface area contributed by atoms with Gasteiger partial charge in [-0.25, -0.2) is 4.79 Å². The summed E-state index contributed by atoms with van der Waals surface area (Å²) in [5, 5.41) is 18.8. The van der Waals surface area contributed by atoms with Crippen molar-refractivity contribution in [2.75, 3.05) is 13.2 Å². The van der Waals surface area contributed by atoms with Crippen LogP contribution in [-0.2, 0) is 11.5 Å². The number of rotatable bonds is 4. The van der Waals surface area contributed by atoms with Gasteiger partial charge in [-0.3, -0.25) is 19.1 Å². The molecule has 0 radical (unpaired) electrons. The van der Waals surface area contributed by atoms with Gasteiger partial charge in [0.05, 0.1) is 24.9 Å². The molecule has 0 unspecified atom stereocenters. The molecular weight excluding hydrogens is 273 g/mol. The number of aliphatic hydroxyl groups excluding tert-OH is 2. The van der Waals surface area contributed by atoms with Gasteiger partial charge in [-0.1, -0.05) is 0 Å². The molecular formula is C11H14FN3O5. The summed E-state index contributed by atoms with van der Waals surface area (Å²) in [7, 11) is 0. The zero-order valence-corrected chi connectivity index (χ0v) is 10.5. The first-order chi connectivity index (χ1) is 9.43. The monoisotopic (exact) mass is 287 g/mol. The van der Waals surface area contributed by atoms with E-state index in [1.54, 1.807) is 4.98 Å². The van der Waals surface area contributed by atoms with Gasteiger partial charge in [0.2, 0.25) is 11.7 Å². The number of hydrogen-bond donors (Lipinski definition) is 3. The second kappa shape index (κ2) is 5.17. The van der Waals surface area contributed by atoms with Crippen molar-refractivity contribution in [1.82, 2.24) is 14.5 Å². The summed E-state index contributed by atoms with van der Waals surface area (Å²) in [6.45, 7) is -1.31. The summed E-state index contributed by atoms with van der Waals surface area (Å²) < 4.78 is 14.0. The highest BCUT2D eigenvalue weighted by atomic mass is 19.1. The lowest BCUT2D eigenvalue weighted by Crippen LogP contribution is -2.53. The average molecular weight is 287 g/mol. The Morgan fingerprint density at radius 2 is 1.95 bits per heavy atom. The predicted molar refractivity (Wildman–Crippen MR) is 64.3 cm³/mol. The fourth-order valence-electron chi connectivity index (χ4n) is 2.22. The van der Waals surface area contributed by atoms with E-state index in [4.69, 9.17) is 0 Å². The van der Waals surface area contributed by atoms with Crippen LogP contribution in [0, 0.1) is 5.82 Å². The van der Waals surface area contributed by atoms with E-state index >= 15 is 0 Å². The van der Waals surface area contributed by atoms with E-state index in [0.717, 1.165) is 9.47 Å². The van der Waals surface area contributed by atoms with Crippen LogP contribution in [0.2, 0.25) is 0 Å². The Morgan fingerprint density at radius 3 is 2.55 bits per heavy atom. The van der Waals surface area contributed by atoms with Crippen molar-refractivity contribution in [3.63, 3.8) is 0 Å². The fourth-order valence-corrected chi connectivity index (χ4v) is 2.22. The molecule has 0 aliphatic carbocycles. The van der Waals surface area contributed by atoms with Crippen LogP contribution >= 0.6 is 0 Å². The van der Waals surface area contributed by atoms with E-state index < -0.39 is 35.8 Å². The smallest absolute Gasteiger partial charge is 0.329 e. The second-order valence-electron chi connectivity index (χ2n) is 4.71. The van der Waals surface area contributed by atoms with Gasteiger partial charge < -0.3 is 15.1 Å². The second-order valence-corrected chi connectivity index (χ2v) is 4.71. The molecule has 3 N–H and O–H groups in total. The molecule has 1 saturated heterocycles. The van der Waals surface area contributed by atoms with Crippen molar-refractivity contribution in [3.05, 3.63) is 32.9 Å². The number of halogens is 1. The van der Waals surface area contributed by atoms with E-state index in [2.05, 4.69) is 0 Å². The molecule has 1 aliphatic rings. The van der Waals surface area contributed by atoms with Crippen LogP contribution < -0.4 is 11.2 Å². The lowest BCUT2D eigenvalue weighted by molar-refractivity contribution is -0.136. The lowest BCUT2D eigenvalue weighted by atomic mass is 9.99. The highest BCUT2D eigenvalue weighted by molar-refractivity contribution is 5.79. The Balaban J connectivity index is 2.37. The minimum atomic E-state index is -1.18. The molecule has 2 heterocycles. The van der Waals surface area contributed by atoms with Crippen LogP contribution in [0.15, 0.2) is 15.8 Å². The largest absolute Gasteiger partial charge is 0.394 e. The van der Waals surface area contributed by atoms with Gasteiger partial charge in [0.25, 0.3) is 5.56 Å². The van der Waals surface area contributed by atoms with Gasteiger partial charge in [-0.2, -0.15) is 4.39 Å². The van der Waals surface area contributed by atoms with Crippen molar-refractivity contribution >= 4 is 5.91 Å². The van der Waals surface area contributed by atoms with Gasteiger partial charge in [0.15, 0.2) is 0 Å². The van der Waals surface area contributed by atoms with Crippen molar-refractivity contribution in [3.8, 4) is 0 Å². The average Bonchev–Trinajstić information content (AvgIpc) is 2.74. The van der Waals surface area contributed by atoms with Crippen molar-refractivity contribution in [2.24, 2.45) is 0 Å². The standard InChI is InChI=1S/C11H14FN3O5/c12-7-3-14(10(20)13-9(7)19)6-15-8(18)1-2-11(15,4-16)5-17/h3,16-17H,1-2,4-6H2,(H,13,19,20). The van der Waals surface area contributed by atoms with Gasteiger partial charge in [-0.15, -0.1) is 0 Å². The summed E-state index contributed by atoms with van der Waals surface area (Å²) in [4.78, 5) is 37.2. The first-order valence-electron chi connectivity index (χ1n) is 5.95. The third kappa shape index (κ3) is 2.25. The van der Waals surface area contributed by atoms with E-state index in [1.807, 2.05) is 0 Å². The van der Waals surface area contributed by atoms with Gasteiger partial charge in [0.1, 0.15) is 6.67 Å². The number of aromatic amines is 1. The van der Waals surface area contributed by atoms with E-state index in [0.29, 0.717) is 6.20 Å². The van der Waals surface area contributed by atoms with E-state index in [-0.39, 0.29) is 25.4 Å². The molecule has 110 valence electrons. The van der Waals surface area contributed by atoms with E-state index in [1.165, 1.54) is 0 Å². The zero-order valence-electron chi connectivity index (χ0n) is 10.5. The summed E-state index contributed by atoms with van der Waals surface area (Å²) in [6, 6.07) is 0. The quantitative estimate of drug-likeness (QED) is 0.591. The number of aliphatic hydroxyl groups is 2. The summed E-state index contributed by atoms with van der Waals surface area (Å²) in [5.74, 6) is -1.53. The summed E-state index contributed by atoms with van der Waals surface area (Å²) >= 11 is 0. The first kappa shape index (κ1) is 14.4. The number of carbonyl (C=O) groups is 1. The Morgan fingerprint density at radius 1 is 1.30 bits per heavy atom. The maximum Gasteiger partial charge on any atom is 0.329 e. The van der Waals surface area contributed by atoms with Crippen LogP contribution in [0.5, 0.6) is 0 Å². The number of likely N-dealkylation sites (tertiary alicyclic amines) is 1. The molecule has 1 aromatic rings. The van der Waals surface area contributed by atoms with Gasteiger partial charge >= 0.3 is 5.69 Å². The Kier molecular flexibility index (Phi) is 3.73. The van der Waals surface area contributed by atoms with Crippen LogP contribution in [0.4, 0.5) is 4.39 Å². The molecule has 0 bridgehead atoms. The molecule has 1 amide bonds. The predicted octanol–water partition coefficient (Wildman–Crippen LogP) is -2.02. The fraction of sp³-hybridized carbons (Fsp3) is 0.545. The summed E-state index contributed by atoms with van der Waals surface area (Å²) in [6.07, 6.45) is 1.04. The topological polar surface area (TPSA) is 116 Å². The molecule has 1 aromatic heterocycles. The Bertz CT molecular complexity index is 634. The van der Waals surface area contributed by atoms with Crippen LogP contribution in [0.3, 0.4) is 0 Å². The first-order valence-corrected chi connectivity index (χ1v) is 5.95. The normalized spacial score (nSPS) is 17.8. The minimum Gasteiger partial charge on any atom is -0.394 e. The van der Waals surface area contributed by atoms with Crippen molar-refractivity contribution in [2.45, 2.75) is 25.0 Å². The number of nitrogens with one attached hydrogen (secondary N) is 1. The van der Waals surface area contributed by atoms with Gasteiger partial charge in [0, 0.05) is 6.42 Å². The molecule has 9 heteroatoms. The zero-order chi connectivity index (χ0) is 14.9. The molecule has 0 spiro atoms. The Hall–Kier alpha value is -2.00. The number of nitrogens with zero attached hydrogens (tertiary/aromatic N) is 2. The van der Waals surface area contributed by atoms with Crippen LogP contribution in [-0.4, -0.2) is 49.3 Å². The molecule has 0 saturated carbocycles. The maximum absolute atomic E-state index is 13.2.